The van der Waals surface area contributed by atoms with Crippen molar-refractivity contribution in [2.24, 2.45) is 15.3 Å². The number of aliphatic imine (C=N–C) groups is 1. The van der Waals surface area contributed by atoms with Crippen molar-refractivity contribution in [3.63, 3.8) is 0 Å². The van der Waals surface area contributed by atoms with Gasteiger partial charge in [-0.1, -0.05) is 0 Å². The van der Waals surface area contributed by atoms with Gasteiger partial charge >= 0.3 is 23.7 Å². The molecule has 316 valence electrons. The maximum atomic E-state index is 11.8. The maximum absolute atomic E-state index is 11.8. The van der Waals surface area contributed by atoms with Gasteiger partial charge in [0.2, 0.25) is 6.08 Å². The predicted octanol–water partition coefficient (Wildman–Crippen LogP) is 3.34. The predicted molar refractivity (Wildman–Crippen MR) is 214 cm³/mol. The molecule has 0 radical (unpaired) electrons. The molecule has 2 rings (SSSR count). The molecule has 20 nitrogen and oxygen atoms in total. The Labute approximate surface area is 330 Å². The van der Waals surface area contributed by atoms with Gasteiger partial charge in [-0.25, -0.2) is 14.6 Å². The molecule has 0 aromatic heterocycles. The Morgan fingerprint density at radius 3 is 1.41 bits per heavy atom. The van der Waals surface area contributed by atoms with Crippen molar-refractivity contribution < 1.29 is 56.2 Å². The highest BCUT2D eigenvalue weighted by molar-refractivity contribution is 6.60. The van der Waals surface area contributed by atoms with E-state index in [9.17, 15) is 24.5 Å². The molecule has 0 aliphatic rings. The summed E-state index contributed by atoms with van der Waals surface area (Å²) in [4.78, 5) is 49.4. The van der Waals surface area contributed by atoms with E-state index >= 15 is 0 Å². The fraction of sp³-hybridized carbons (Fsp3) is 0.588. The normalized spacial score (nSPS) is 10.8. The summed E-state index contributed by atoms with van der Waals surface area (Å²) in [6.07, 6.45) is 2.29. The zero-order chi connectivity index (χ0) is 42.1. The first-order chi connectivity index (χ1) is 27.1. The number of aliphatic hydroxyl groups is 3. The molecule has 0 atom stereocenters. The van der Waals surface area contributed by atoms with E-state index in [2.05, 4.69) is 20.7 Å². The number of ether oxygens (including phenoxy) is 1. The fourth-order valence-corrected chi connectivity index (χ4v) is 8.30. The van der Waals surface area contributed by atoms with Crippen LogP contribution in [0.2, 0.25) is 12.1 Å². The van der Waals surface area contributed by atoms with Crippen molar-refractivity contribution in [1.82, 2.24) is 5.32 Å². The summed E-state index contributed by atoms with van der Waals surface area (Å²) in [6.45, 7) is 2.66. The molecule has 4 N–H and O–H groups in total. The third-order valence-corrected chi connectivity index (χ3v) is 13.6. The number of isocyanates is 1. The molecule has 0 fully saturated rings. The number of carbonyl (C=O) groups excluding carboxylic acids is 2. The minimum absolute atomic E-state index is 0.0215. The number of anilines is 2. The van der Waals surface area contributed by atoms with Crippen molar-refractivity contribution >= 4 is 52.5 Å². The molecule has 0 aliphatic carbocycles. The van der Waals surface area contributed by atoms with E-state index in [4.69, 9.17) is 41.5 Å². The van der Waals surface area contributed by atoms with Gasteiger partial charge in [0.15, 0.2) is 0 Å². The number of alkyl carbamates (subject to hydrolysis) is 1. The largest absolute Gasteiger partial charge is 0.500 e. The summed E-state index contributed by atoms with van der Waals surface area (Å²) >= 11 is 0. The van der Waals surface area contributed by atoms with Crippen LogP contribution in [0.15, 0.2) is 63.9 Å². The second-order valence-electron chi connectivity index (χ2n) is 11.2. The van der Waals surface area contributed by atoms with Crippen LogP contribution < -0.4 is 15.1 Å². The highest BCUT2D eigenvalue weighted by Gasteiger charge is 2.37. The number of hydrogen-bond donors (Lipinski definition) is 4. The van der Waals surface area contributed by atoms with Gasteiger partial charge in [-0.05, 0) is 71.7 Å². The lowest BCUT2D eigenvalue weighted by molar-refractivity contribution is 0.122. The number of hydrogen-bond acceptors (Lipinski definition) is 19. The molecule has 0 bridgehead atoms. The van der Waals surface area contributed by atoms with Gasteiger partial charge in [0.1, 0.15) is 18.0 Å². The molecule has 0 aliphatic heterocycles. The number of nitrogens with one attached hydrogen (secondary N) is 1. The van der Waals surface area contributed by atoms with Gasteiger partial charge in [0, 0.05) is 92.3 Å². The van der Waals surface area contributed by atoms with Gasteiger partial charge in [0.05, 0.1) is 32.9 Å². The summed E-state index contributed by atoms with van der Waals surface area (Å²) in [5.74, 6) is 0. The number of carbonyl (C=O) groups is 1. The minimum atomic E-state index is -2.63. The van der Waals surface area contributed by atoms with Gasteiger partial charge in [0.25, 0.3) is 0 Å². The summed E-state index contributed by atoms with van der Waals surface area (Å²) in [6, 6.07) is 14.5. The first-order valence-electron chi connectivity index (χ1n) is 17.5. The number of rotatable bonds is 27. The molecule has 0 saturated carbocycles. The van der Waals surface area contributed by atoms with Gasteiger partial charge in [-0.15, -0.1) is 9.81 Å². The lowest BCUT2D eigenvalue weighted by atomic mass is 10.2. The second-order valence-corrected chi connectivity index (χ2v) is 17.4. The van der Waals surface area contributed by atoms with Crippen molar-refractivity contribution in [2.45, 2.75) is 24.9 Å². The highest BCUT2D eigenvalue weighted by atomic mass is 28.4. The molecule has 0 spiro atoms. The third kappa shape index (κ3) is 20.8. The van der Waals surface area contributed by atoms with E-state index in [1.807, 2.05) is 9.80 Å². The van der Waals surface area contributed by atoms with Crippen molar-refractivity contribution in [3.05, 3.63) is 58.3 Å². The number of nitrogens with zero attached hydrogens (tertiary/aromatic N) is 5. The first kappa shape index (κ1) is 52.0. The van der Waals surface area contributed by atoms with Crippen LogP contribution in [0.1, 0.15) is 12.8 Å². The first-order valence-corrected chi connectivity index (χ1v) is 21.4. The Kier molecular flexibility index (Phi) is 29.8. The highest BCUT2D eigenvalue weighted by Crippen LogP contribution is 2.21. The van der Waals surface area contributed by atoms with Crippen LogP contribution in [0.5, 0.6) is 0 Å². The molecular formula is C34H58N6O14Si2. The Hall–Kier alpha value is -4.04. The third-order valence-electron chi connectivity index (χ3n) is 7.96. The quantitative estimate of drug-likeness (QED) is 0.0331. The van der Waals surface area contributed by atoms with Crippen molar-refractivity contribution in [3.8, 4) is 0 Å². The minimum Gasteiger partial charge on any atom is -0.448 e. The van der Waals surface area contributed by atoms with Crippen LogP contribution in [0.3, 0.4) is 0 Å². The Balaban J connectivity index is 0.000000905. The van der Waals surface area contributed by atoms with E-state index in [0.717, 1.165) is 11.4 Å². The van der Waals surface area contributed by atoms with E-state index in [1.165, 1.54) is 6.08 Å². The molecule has 2 aromatic rings. The second kappa shape index (κ2) is 32.1. The smallest absolute Gasteiger partial charge is 0.448 e. The van der Waals surface area contributed by atoms with E-state index < -0.39 is 23.7 Å². The zero-order valence-corrected chi connectivity index (χ0v) is 35.1. The van der Waals surface area contributed by atoms with Crippen LogP contribution >= 0.6 is 0 Å². The summed E-state index contributed by atoms with van der Waals surface area (Å²) < 4.78 is 36.6. The van der Waals surface area contributed by atoms with Crippen molar-refractivity contribution in [1.29, 1.82) is 0 Å². The van der Waals surface area contributed by atoms with E-state index in [-0.39, 0.29) is 26.4 Å². The summed E-state index contributed by atoms with van der Waals surface area (Å²) in [5, 5.41) is 35.2. The Bertz CT molecular complexity index is 1350. The Morgan fingerprint density at radius 1 is 0.661 bits per heavy atom. The average molecular weight is 831 g/mol. The molecule has 22 heteroatoms. The summed E-state index contributed by atoms with van der Waals surface area (Å²) in [5.41, 5.74) is 2.34. The van der Waals surface area contributed by atoms with Gasteiger partial charge < -0.3 is 61.7 Å². The van der Waals surface area contributed by atoms with Crippen molar-refractivity contribution in [2.75, 3.05) is 118 Å². The monoisotopic (exact) mass is 830 g/mol. The average Bonchev–Trinajstić information content (AvgIpc) is 3.24. The van der Waals surface area contributed by atoms with E-state index in [0.29, 0.717) is 75.6 Å². The maximum Gasteiger partial charge on any atom is 0.500 e. The summed E-state index contributed by atoms with van der Waals surface area (Å²) in [7, 11) is 4.22. The Morgan fingerprint density at radius 2 is 1.05 bits per heavy atom. The topological polar surface area (TPSA) is 249 Å². The van der Waals surface area contributed by atoms with Gasteiger partial charge in [-0.2, -0.15) is 0 Å². The van der Waals surface area contributed by atoms with Crippen LogP contribution in [0.4, 0.5) is 27.5 Å². The molecule has 0 heterocycles. The lowest BCUT2D eigenvalue weighted by Gasteiger charge is -2.24. The molecule has 0 saturated heterocycles. The molecule has 1 amide bonds. The standard InChI is InChI=1S/C17H29N3O7Si.C10H14N2O3.C7H15NO4Si/c1-24-28(25-2,26-3)14-4-9-18-17(22)27-13-11-20(10-12-21)16-7-5-15(19-23)6-8-16;13-7-5-12(6-8-14)10-3-1-9(11-15)2-4-10;1-10-13(11-2,12-3)6-4-5-8-7-9/h5-8,21H,4,9-14H2,1-3H3,(H,18,22);1-4,13-14H,5-8H2;4-6H2,1-3H3. The molecule has 56 heavy (non-hydrogen) atoms. The lowest BCUT2D eigenvalue weighted by Crippen LogP contribution is -2.43. The SMILES string of the molecule is CO[Si](CCCN=C=O)(OC)OC.CO[Si](CCCNC(=O)OCCN(CCO)c1ccc(N=O)cc1)(OC)OC.O=Nc1ccc(N(CCO)CCO)cc1. The van der Waals surface area contributed by atoms with Crippen LogP contribution in [0.25, 0.3) is 0 Å². The zero-order valence-electron chi connectivity index (χ0n) is 33.1. The number of amides is 1. The fourth-order valence-electron chi connectivity index (χ4n) is 4.88. The van der Waals surface area contributed by atoms with Crippen LogP contribution in [-0.2, 0) is 36.1 Å². The van der Waals surface area contributed by atoms with E-state index in [1.54, 1.807) is 91.2 Å². The van der Waals surface area contributed by atoms with Crippen LogP contribution in [-0.4, -0.2) is 153 Å². The number of nitroso groups, excluding NO2 is 2. The molecular weight excluding hydrogens is 773 g/mol. The van der Waals surface area contributed by atoms with Gasteiger partial charge in [-0.3, -0.25) is 0 Å². The number of benzene rings is 2. The molecule has 0 unspecified atom stereocenters. The number of aliphatic hydroxyl groups excluding tert-OH is 3. The van der Waals surface area contributed by atoms with Crippen LogP contribution in [0, 0.1) is 9.81 Å². The molecule has 2 aromatic carbocycles.